The molecule has 1 heterocycles. The second-order valence-corrected chi connectivity index (χ2v) is 9.03. The third-order valence-corrected chi connectivity index (χ3v) is 5.92. The molecule has 0 saturated carbocycles. The van der Waals surface area contributed by atoms with Crippen LogP contribution in [0.1, 0.15) is 31.0 Å². The molecule has 0 aliphatic carbocycles. The molecule has 2 aromatic rings. The number of esters is 1. The average molecular weight is 591 g/mol. The van der Waals surface area contributed by atoms with Gasteiger partial charge in [-0.2, -0.15) is 5.10 Å². The third kappa shape index (κ3) is 7.67. The van der Waals surface area contributed by atoms with Crippen LogP contribution in [-0.4, -0.2) is 51.1 Å². The fourth-order valence-electron chi connectivity index (χ4n) is 3.73. The van der Waals surface area contributed by atoms with E-state index in [0.29, 0.717) is 27.6 Å². The Morgan fingerprint density at radius 3 is 2.65 bits per heavy atom. The van der Waals surface area contributed by atoms with Crippen LogP contribution < -0.4 is 30.3 Å². The van der Waals surface area contributed by atoms with E-state index in [1.54, 1.807) is 44.2 Å². The van der Waals surface area contributed by atoms with E-state index in [4.69, 9.17) is 42.1 Å². The number of allylic oxidation sites excluding steroid dienone is 1. The number of nitrogens with one attached hydrogen (secondary N) is 3. The summed E-state index contributed by atoms with van der Waals surface area (Å²) in [4.78, 5) is 37.0. The van der Waals surface area contributed by atoms with Gasteiger partial charge in [0.15, 0.2) is 18.1 Å². The van der Waals surface area contributed by atoms with Crippen LogP contribution in [0.2, 0.25) is 10.0 Å². The zero-order valence-electron chi connectivity index (χ0n) is 22.0. The van der Waals surface area contributed by atoms with Crippen molar-refractivity contribution in [1.82, 2.24) is 16.1 Å². The summed E-state index contributed by atoms with van der Waals surface area (Å²) in [5.74, 6) is -0.247. The van der Waals surface area contributed by atoms with Gasteiger partial charge in [-0.15, -0.1) is 0 Å². The molecule has 11 nitrogen and oxygen atoms in total. The number of halogens is 2. The maximum atomic E-state index is 12.6. The van der Waals surface area contributed by atoms with Crippen molar-refractivity contribution in [3.05, 3.63) is 75.4 Å². The van der Waals surface area contributed by atoms with Crippen molar-refractivity contribution in [3.8, 4) is 17.2 Å². The topological polar surface area (TPSA) is 137 Å². The number of amides is 3. The van der Waals surface area contributed by atoms with E-state index in [1.807, 2.05) is 0 Å². The first-order chi connectivity index (χ1) is 19.2. The van der Waals surface area contributed by atoms with Gasteiger partial charge in [0.25, 0.3) is 5.91 Å². The average Bonchev–Trinajstić information content (AvgIpc) is 2.91. The molecule has 1 aliphatic heterocycles. The highest BCUT2D eigenvalue weighted by Crippen LogP contribution is 2.35. The SMILES string of the molecule is C=CCOc1c(Cl)cc(Cl)cc1/C=N/NC(=O)COc1ccc([C@H]2NC(=O)NC(C)=C2C(=O)OCC)cc1OC. The minimum absolute atomic E-state index is 0.176. The Balaban J connectivity index is 1.70. The largest absolute Gasteiger partial charge is 0.493 e. The van der Waals surface area contributed by atoms with Gasteiger partial charge in [-0.05, 0) is 43.7 Å². The van der Waals surface area contributed by atoms with Crippen LogP contribution >= 0.6 is 23.2 Å². The summed E-state index contributed by atoms with van der Waals surface area (Å²) in [5, 5.41) is 9.87. The molecule has 0 radical (unpaired) electrons. The van der Waals surface area contributed by atoms with Gasteiger partial charge in [0.05, 0.1) is 36.6 Å². The molecule has 1 atom stereocenters. The van der Waals surface area contributed by atoms with Crippen LogP contribution in [0.5, 0.6) is 17.2 Å². The molecular formula is C27H28Cl2N4O7. The highest BCUT2D eigenvalue weighted by atomic mass is 35.5. The summed E-state index contributed by atoms with van der Waals surface area (Å²) in [7, 11) is 1.42. The zero-order valence-corrected chi connectivity index (χ0v) is 23.5. The van der Waals surface area contributed by atoms with Gasteiger partial charge < -0.3 is 29.6 Å². The Bertz CT molecular complexity index is 1360. The van der Waals surface area contributed by atoms with E-state index in [2.05, 4.69) is 27.7 Å². The molecule has 3 N–H and O–H groups in total. The second-order valence-electron chi connectivity index (χ2n) is 8.19. The number of methoxy groups -OCH3 is 1. The fourth-order valence-corrected chi connectivity index (χ4v) is 4.29. The van der Waals surface area contributed by atoms with Gasteiger partial charge in [0.2, 0.25) is 0 Å². The molecule has 13 heteroatoms. The predicted molar refractivity (Wildman–Crippen MR) is 150 cm³/mol. The van der Waals surface area contributed by atoms with Crippen molar-refractivity contribution < 1.29 is 33.3 Å². The summed E-state index contributed by atoms with van der Waals surface area (Å²) < 4.78 is 21.7. The number of urea groups is 1. The van der Waals surface area contributed by atoms with Crippen molar-refractivity contribution >= 4 is 47.3 Å². The Labute approximate surface area is 241 Å². The predicted octanol–water partition coefficient (Wildman–Crippen LogP) is 4.29. The number of ether oxygens (including phenoxy) is 4. The van der Waals surface area contributed by atoms with Crippen LogP contribution in [0.4, 0.5) is 4.79 Å². The van der Waals surface area contributed by atoms with Crippen LogP contribution in [0, 0.1) is 0 Å². The van der Waals surface area contributed by atoms with Gasteiger partial charge in [0, 0.05) is 16.3 Å². The van der Waals surface area contributed by atoms with E-state index in [-0.39, 0.29) is 41.9 Å². The van der Waals surface area contributed by atoms with Crippen molar-refractivity contribution in [2.24, 2.45) is 5.10 Å². The van der Waals surface area contributed by atoms with Gasteiger partial charge >= 0.3 is 12.0 Å². The molecule has 0 saturated heterocycles. The molecule has 0 spiro atoms. The number of benzene rings is 2. The molecule has 212 valence electrons. The van der Waals surface area contributed by atoms with Crippen LogP contribution in [-0.2, 0) is 14.3 Å². The first kappa shape index (κ1) is 30.3. The summed E-state index contributed by atoms with van der Waals surface area (Å²) >= 11 is 12.3. The Kier molecular flexibility index (Phi) is 10.8. The van der Waals surface area contributed by atoms with E-state index in [1.165, 1.54) is 19.4 Å². The normalized spacial score (nSPS) is 14.7. The zero-order chi connectivity index (χ0) is 29.2. The fraction of sp³-hybridized carbons (Fsp3) is 0.259. The first-order valence-corrected chi connectivity index (χ1v) is 12.7. The molecule has 0 bridgehead atoms. The number of hydrogen-bond donors (Lipinski definition) is 3. The number of rotatable bonds is 12. The minimum Gasteiger partial charge on any atom is -0.493 e. The standard InChI is InChI=1S/C27H28Cl2N4O7/c1-5-9-39-25-17(10-18(28)12-19(25)29)13-30-33-22(34)14-40-20-8-7-16(11-21(20)37-4)24-23(26(35)38-6-2)15(3)31-27(36)32-24/h5,7-8,10-13,24H,1,6,9,14H2,2-4H3,(H,33,34)(H2,31,32,36)/b30-13+/t24-/m1/s1. The van der Waals surface area contributed by atoms with Gasteiger partial charge in [-0.3, -0.25) is 4.79 Å². The Hall–Kier alpha value is -4.22. The molecule has 3 rings (SSSR count). The lowest BCUT2D eigenvalue weighted by atomic mass is 9.95. The van der Waals surface area contributed by atoms with Crippen molar-refractivity contribution in [2.75, 3.05) is 26.9 Å². The third-order valence-electron chi connectivity index (χ3n) is 5.42. The van der Waals surface area contributed by atoms with E-state index < -0.39 is 23.9 Å². The van der Waals surface area contributed by atoms with E-state index in [9.17, 15) is 14.4 Å². The summed E-state index contributed by atoms with van der Waals surface area (Å²) in [6, 6.07) is 6.66. The van der Waals surface area contributed by atoms with Crippen LogP contribution in [0.3, 0.4) is 0 Å². The maximum absolute atomic E-state index is 12.6. The molecule has 0 fully saturated rings. The lowest BCUT2D eigenvalue weighted by Crippen LogP contribution is -2.45. The van der Waals surface area contributed by atoms with E-state index in [0.717, 1.165) is 0 Å². The summed E-state index contributed by atoms with van der Waals surface area (Å²) in [6.07, 6.45) is 2.90. The molecule has 1 aliphatic rings. The number of nitrogens with zero attached hydrogens (tertiary/aromatic N) is 1. The molecule has 0 unspecified atom stereocenters. The van der Waals surface area contributed by atoms with Crippen molar-refractivity contribution in [3.63, 3.8) is 0 Å². The van der Waals surface area contributed by atoms with Gasteiger partial charge in [0.1, 0.15) is 12.4 Å². The van der Waals surface area contributed by atoms with Crippen LogP contribution in [0.15, 0.2) is 59.4 Å². The number of hydrogen-bond acceptors (Lipinski definition) is 8. The summed E-state index contributed by atoms with van der Waals surface area (Å²) in [6.45, 7) is 6.91. The maximum Gasteiger partial charge on any atom is 0.338 e. The smallest absolute Gasteiger partial charge is 0.338 e. The number of carbonyl (C=O) groups excluding carboxylic acids is 3. The Morgan fingerprint density at radius 1 is 1.18 bits per heavy atom. The highest BCUT2D eigenvalue weighted by molar-refractivity contribution is 6.36. The van der Waals surface area contributed by atoms with Gasteiger partial charge in [-0.25, -0.2) is 15.0 Å². The monoisotopic (exact) mass is 590 g/mol. The summed E-state index contributed by atoms with van der Waals surface area (Å²) in [5.41, 5.74) is 3.99. The molecular weight excluding hydrogens is 563 g/mol. The molecule has 2 aromatic carbocycles. The second kappa shape index (κ2) is 14.2. The molecule has 40 heavy (non-hydrogen) atoms. The number of hydrazone groups is 1. The lowest BCUT2D eigenvalue weighted by Gasteiger charge is -2.28. The lowest BCUT2D eigenvalue weighted by molar-refractivity contribution is -0.139. The Morgan fingerprint density at radius 2 is 1.95 bits per heavy atom. The number of carbonyl (C=O) groups is 3. The van der Waals surface area contributed by atoms with Gasteiger partial charge in [-0.1, -0.05) is 41.9 Å². The molecule has 3 amide bonds. The van der Waals surface area contributed by atoms with Crippen molar-refractivity contribution in [2.45, 2.75) is 19.9 Å². The first-order valence-electron chi connectivity index (χ1n) is 12.0. The van der Waals surface area contributed by atoms with Crippen LogP contribution in [0.25, 0.3) is 0 Å². The van der Waals surface area contributed by atoms with E-state index >= 15 is 0 Å². The molecule has 0 aromatic heterocycles. The minimum atomic E-state index is -0.784. The quantitative estimate of drug-likeness (QED) is 0.145. The highest BCUT2D eigenvalue weighted by Gasteiger charge is 2.32. The van der Waals surface area contributed by atoms with Crippen molar-refractivity contribution in [1.29, 1.82) is 0 Å².